The lowest BCUT2D eigenvalue weighted by molar-refractivity contribution is -0.143. The second kappa shape index (κ2) is 16.1. The predicted molar refractivity (Wildman–Crippen MR) is 164 cm³/mol. The van der Waals surface area contributed by atoms with Crippen LogP contribution < -0.4 is 26.0 Å². The number of nitrogens with zero attached hydrogens (tertiary/aromatic N) is 2. The summed E-state index contributed by atoms with van der Waals surface area (Å²) in [6.45, 7) is 16.2. The lowest BCUT2D eigenvalue weighted by atomic mass is 9.84. The van der Waals surface area contributed by atoms with Crippen LogP contribution in [0.1, 0.15) is 54.9 Å². The molecule has 0 unspecified atom stereocenters. The van der Waals surface area contributed by atoms with Crippen LogP contribution in [0.25, 0.3) is 0 Å². The molecule has 4 atom stereocenters. The van der Waals surface area contributed by atoms with E-state index in [0.717, 1.165) is 4.31 Å². The van der Waals surface area contributed by atoms with E-state index >= 15 is 0 Å². The van der Waals surface area contributed by atoms with Crippen molar-refractivity contribution in [2.24, 2.45) is 23.2 Å². The Morgan fingerprint density at radius 2 is 1.63 bits per heavy atom. The van der Waals surface area contributed by atoms with Crippen LogP contribution in [0, 0.1) is 23.2 Å². The molecule has 1 saturated heterocycles. The Hall–Kier alpha value is -3.04. The van der Waals surface area contributed by atoms with E-state index in [0.29, 0.717) is 6.42 Å². The molecule has 0 aliphatic carbocycles. The van der Waals surface area contributed by atoms with E-state index in [2.05, 4.69) is 32.6 Å². The van der Waals surface area contributed by atoms with Gasteiger partial charge in [-0.15, -0.1) is 6.58 Å². The molecule has 0 spiro atoms. The maximum atomic E-state index is 14.0. The standard InChI is InChI=1S/C28H51N7O7S/c1-11-13-29-24(37)21(36)16-30-25(38)22-19(17(2)3)12-14-35(22)26(39)23(28(6,7)8)33-27(40)32-20(18(4)5)15-31-43(41,42)34(9)10/h11,17-20,22-23,31H,1,12-16H2,2-10H3,(H,29,37)(H,30,38)(H2,32,33,40)/t19-,20-,22+,23-/m1/s1. The number of amides is 5. The summed E-state index contributed by atoms with van der Waals surface area (Å²) in [6.07, 6.45) is 1.97. The summed E-state index contributed by atoms with van der Waals surface area (Å²) in [4.78, 5) is 66.1. The van der Waals surface area contributed by atoms with E-state index < -0.39 is 69.8 Å². The van der Waals surface area contributed by atoms with Gasteiger partial charge < -0.3 is 26.2 Å². The third kappa shape index (κ3) is 11.2. The van der Waals surface area contributed by atoms with Crippen molar-refractivity contribution < 1.29 is 32.4 Å². The van der Waals surface area contributed by atoms with Gasteiger partial charge in [0.1, 0.15) is 12.1 Å². The van der Waals surface area contributed by atoms with Gasteiger partial charge in [-0.2, -0.15) is 12.7 Å². The maximum absolute atomic E-state index is 14.0. The summed E-state index contributed by atoms with van der Waals surface area (Å²) in [5.74, 6) is -3.02. The number of nitrogens with one attached hydrogen (secondary N) is 5. The van der Waals surface area contributed by atoms with Crippen molar-refractivity contribution in [1.82, 2.24) is 35.2 Å². The molecule has 246 valence electrons. The summed E-state index contributed by atoms with van der Waals surface area (Å²) in [5, 5.41) is 10.4. The van der Waals surface area contributed by atoms with Gasteiger partial charge in [0, 0.05) is 39.8 Å². The van der Waals surface area contributed by atoms with E-state index in [4.69, 9.17) is 0 Å². The highest BCUT2D eigenvalue weighted by molar-refractivity contribution is 7.87. The van der Waals surface area contributed by atoms with Gasteiger partial charge in [0.05, 0.1) is 6.54 Å². The zero-order valence-corrected chi connectivity index (χ0v) is 27.8. The minimum atomic E-state index is -3.71. The fourth-order valence-corrected chi connectivity index (χ4v) is 5.29. The first-order chi connectivity index (χ1) is 19.7. The largest absolute Gasteiger partial charge is 0.347 e. The number of ketones is 1. The summed E-state index contributed by atoms with van der Waals surface area (Å²) in [5.41, 5.74) is -0.760. The molecule has 0 aromatic heterocycles. The summed E-state index contributed by atoms with van der Waals surface area (Å²) in [7, 11) is -0.934. The second-order valence-electron chi connectivity index (χ2n) is 12.7. The van der Waals surface area contributed by atoms with E-state index in [1.807, 2.05) is 27.7 Å². The molecule has 14 nitrogen and oxygen atoms in total. The molecular formula is C28H51N7O7S. The fraction of sp³-hybridized carbons (Fsp3) is 0.750. The van der Waals surface area contributed by atoms with Crippen LogP contribution in [0.3, 0.4) is 0 Å². The first-order valence-electron chi connectivity index (χ1n) is 14.5. The van der Waals surface area contributed by atoms with Gasteiger partial charge in [0.15, 0.2) is 0 Å². The van der Waals surface area contributed by atoms with Crippen LogP contribution in [0.5, 0.6) is 0 Å². The van der Waals surface area contributed by atoms with Crippen molar-refractivity contribution in [3.8, 4) is 0 Å². The van der Waals surface area contributed by atoms with Gasteiger partial charge in [0.25, 0.3) is 16.1 Å². The topological polar surface area (TPSA) is 186 Å². The van der Waals surface area contributed by atoms with Crippen molar-refractivity contribution in [3.05, 3.63) is 12.7 Å². The van der Waals surface area contributed by atoms with Crippen molar-refractivity contribution in [2.45, 2.75) is 73.0 Å². The number of Topliss-reactive ketones (excluding diaryl/α,β-unsaturated/α-hetero) is 1. The van der Waals surface area contributed by atoms with E-state index in [9.17, 15) is 32.4 Å². The molecule has 1 rings (SSSR count). The highest BCUT2D eigenvalue weighted by Crippen LogP contribution is 2.33. The average molecular weight is 630 g/mol. The zero-order chi connectivity index (χ0) is 33.3. The van der Waals surface area contributed by atoms with Gasteiger partial charge in [-0.1, -0.05) is 54.5 Å². The van der Waals surface area contributed by atoms with Crippen LogP contribution in [-0.2, 0) is 29.4 Å². The monoisotopic (exact) mass is 629 g/mol. The Morgan fingerprint density at radius 3 is 2.12 bits per heavy atom. The Bertz CT molecular complexity index is 1130. The maximum Gasteiger partial charge on any atom is 0.315 e. The van der Waals surface area contributed by atoms with Crippen molar-refractivity contribution in [2.75, 3.05) is 40.3 Å². The molecule has 1 heterocycles. The molecule has 0 radical (unpaired) electrons. The normalized spacial score (nSPS) is 18.7. The second-order valence-corrected chi connectivity index (χ2v) is 14.7. The van der Waals surface area contributed by atoms with Crippen molar-refractivity contribution in [3.63, 3.8) is 0 Å². The van der Waals surface area contributed by atoms with Gasteiger partial charge >= 0.3 is 6.03 Å². The Balaban J connectivity index is 3.13. The van der Waals surface area contributed by atoms with Crippen LogP contribution in [0.2, 0.25) is 0 Å². The number of hydrogen-bond donors (Lipinski definition) is 5. The van der Waals surface area contributed by atoms with Crippen LogP contribution in [0.15, 0.2) is 12.7 Å². The average Bonchev–Trinajstić information content (AvgIpc) is 3.35. The molecule has 43 heavy (non-hydrogen) atoms. The van der Waals surface area contributed by atoms with E-state index in [1.54, 1.807) is 20.8 Å². The van der Waals surface area contributed by atoms with Crippen LogP contribution in [-0.4, -0.2) is 106 Å². The molecule has 1 aliphatic heterocycles. The molecule has 15 heteroatoms. The van der Waals surface area contributed by atoms with Gasteiger partial charge in [-0.05, 0) is 29.6 Å². The van der Waals surface area contributed by atoms with Crippen LogP contribution >= 0.6 is 0 Å². The molecule has 0 saturated carbocycles. The first-order valence-corrected chi connectivity index (χ1v) is 15.9. The first kappa shape index (κ1) is 38.0. The lowest BCUT2D eigenvalue weighted by Gasteiger charge is -2.37. The quantitative estimate of drug-likeness (QED) is 0.124. The fourth-order valence-electron chi connectivity index (χ4n) is 4.65. The van der Waals surface area contributed by atoms with Crippen LogP contribution in [0.4, 0.5) is 4.79 Å². The summed E-state index contributed by atoms with van der Waals surface area (Å²) in [6, 6.07) is -3.18. The number of urea groups is 1. The number of rotatable bonds is 15. The smallest absolute Gasteiger partial charge is 0.315 e. The number of hydrogen-bond acceptors (Lipinski definition) is 7. The molecule has 1 aliphatic rings. The molecule has 5 N–H and O–H groups in total. The number of carbonyl (C=O) groups is 5. The third-order valence-corrected chi connectivity index (χ3v) is 8.90. The lowest BCUT2D eigenvalue weighted by Crippen LogP contribution is -2.61. The summed E-state index contributed by atoms with van der Waals surface area (Å²) < 4.78 is 27.8. The predicted octanol–water partition coefficient (Wildman–Crippen LogP) is -0.0185. The van der Waals surface area contributed by atoms with Gasteiger partial charge in [-0.3, -0.25) is 19.2 Å². The van der Waals surface area contributed by atoms with Gasteiger partial charge in [0.2, 0.25) is 17.6 Å². The summed E-state index contributed by atoms with van der Waals surface area (Å²) >= 11 is 0. The minimum absolute atomic E-state index is 0.0298. The molecule has 0 bridgehead atoms. The molecular weight excluding hydrogens is 578 g/mol. The Morgan fingerprint density at radius 1 is 1.02 bits per heavy atom. The molecule has 1 fully saturated rings. The third-order valence-electron chi connectivity index (χ3n) is 7.41. The Kier molecular flexibility index (Phi) is 14.3. The molecule has 5 amide bonds. The highest BCUT2D eigenvalue weighted by atomic mass is 32.2. The van der Waals surface area contributed by atoms with Crippen molar-refractivity contribution >= 4 is 39.7 Å². The van der Waals surface area contributed by atoms with Gasteiger partial charge in [-0.25, -0.2) is 9.52 Å². The van der Waals surface area contributed by atoms with E-state index in [-0.39, 0.29) is 37.4 Å². The number of carbonyl (C=O) groups excluding carboxylic acids is 5. The number of likely N-dealkylation sites (tertiary alicyclic amines) is 1. The van der Waals surface area contributed by atoms with E-state index in [1.165, 1.54) is 25.1 Å². The van der Waals surface area contributed by atoms with Crippen molar-refractivity contribution in [1.29, 1.82) is 0 Å². The minimum Gasteiger partial charge on any atom is -0.347 e. The SMILES string of the molecule is C=CCNC(=O)C(=O)CNC(=O)[C@@H]1[C@@H](C(C)C)CCN1C(=O)[C@@H](NC(=O)N[C@H](CNS(=O)(=O)N(C)C)C(C)C)C(C)(C)C. The molecule has 0 aromatic rings. The zero-order valence-electron chi connectivity index (χ0n) is 26.9. The highest BCUT2D eigenvalue weighted by Gasteiger charge is 2.47. The Labute approximate surface area is 256 Å². The molecule has 0 aromatic carbocycles.